The second-order valence-electron chi connectivity index (χ2n) is 5.88. The van der Waals surface area contributed by atoms with Gasteiger partial charge < -0.3 is 18.8 Å². The number of hydrogen-bond donors (Lipinski definition) is 0. The molecule has 2 aromatic rings. The molecule has 0 amide bonds. The molecule has 26 heavy (non-hydrogen) atoms. The van der Waals surface area contributed by atoms with Crippen molar-refractivity contribution < 1.29 is 32.2 Å². The van der Waals surface area contributed by atoms with Crippen molar-refractivity contribution in [3.8, 4) is 11.5 Å². The van der Waals surface area contributed by atoms with E-state index >= 15 is 0 Å². The quantitative estimate of drug-likeness (QED) is 0.758. The van der Waals surface area contributed by atoms with Crippen molar-refractivity contribution in [1.29, 1.82) is 0 Å². The van der Waals surface area contributed by atoms with Gasteiger partial charge in [0, 0.05) is 18.5 Å². The molecule has 0 radical (unpaired) electrons. The average Bonchev–Trinajstić information content (AvgIpc) is 3.03. The van der Waals surface area contributed by atoms with Gasteiger partial charge in [-0.1, -0.05) is 6.07 Å². The van der Waals surface area contributed by atoms with Gasteiger partial charge in [0.25, 0.3) is 0 Å². The zero-order chi connectivity index (χ0) is 18.7. The normalized spacial score (nSPS) is 16.5. The molecule has 9 heteroatoms. The lowest BCUT2D eigenvalue weighted by atomic mass is 9.97. The molecule has 1 aromatic carbocycles. The number of benzene rings is 1. The second-order valence-corrected chi connectivity index (χ2v) is 5.88. The van der Waals surface area contributed by atoms with Gasteiger partial charge in [0.05, 0.1) is 13.0 Å². The van der Waals surface area contributed by atoms with Crippen LogP contribution in [0.2, 0.25) is 0 Å². The van der Waals surface area contributed by atoms with Gasteiger partial charge in [0.15, 0.2) is 0 Å². The maximum Gasteiger partial charge on any atom is 0.406 e. The third-order valence-corrected chi connectivity index (χ3v) is 4.01. The number of alkyl halides is 3. The van der Waals surface area contributed by atoms with Gasteiger partial charge in [0.2, 0.25) is 0 Å². The molecule has 1 aliphatic heterocycles. The number of nitrogens with zero attached hydrogens (tertiary/aromatic N) is 2. The first-order chi connectivity index (χ1) is 12.4. The number of ether oxygens (including phenoxy) is 3. The Bertz CT molecular complexity index is 789. The van der Waals surface area contributed by atoms with Crippen molar-refractivity contribution in [2.45, 2.75) is 25.7 Å². The lowest BCUT2D eigenvalue weighted by molar-refractivity contribution is -0.152. The minimum Gasteiger partial charge on any atom is -0.497 e. The highest BCUT2D eigenvalue weighted by molar-refractivity contribution is 5.73. The van der Waals surface area contributed by atoms with E-state index in [-0.39, 0.29) is 19.0 Å². The summed E-state index contributed by atoms with van der Waals surface area (Å²) in [6, 6.07) is 5.32. The van der Waals surface area contributed by atoms with E-state index in [1.165, 1.54) is 12.4 Å². The third-order valence-electron chi connectivity index (χ3n) is 4.01. The Morgan fingerprint density at radius 1 is 1.42 bits per heavy atom. The molecule has 1 atom stereocenters. The first-order valence-corrected chi connectivity index (χ1v) is 7.89. The van der Waals surface area contributed by atoms with Crippen molar-refractivity contribution >= 4 is 5.97 Å². The average molecular weight is 370 g/mol. The monoisotopic (exact) mass is 370 g/mol. The van der Waals surface area contributed by atoms with Gasteiger partial charge in [-0.25, -0.2) is 4.98 Å². The summed E-state index contributed by atoms with van der Waals surface area (Å²) in [5.41, 5.74) is 0.845. The van der Waals surface area contributed by atoms with Gasteiger partial charge in [-0.3, -0.25) is 4.79 Å². The van der Waals surface area contributed by atoms with Crippen LogP contribution >= 0.6 is 0 Å². The van der Waals surface area contributed by atoms with Gasteiger partial charge in [-0.15, -0.1) is 0 Å². The van der Waals surface area contributed by atoms with E-state index in [0.29, 0.717) is 17.9 Å². The van der Waals surface area contributed by atoms with Gasteiger partial charge in [-0.2, -0.15) is 13.2 Å². The molecular formula is C17H17F3N2O4. The largest absolute Gasteiger partial charge is 0.497 e. The Balaban J connectivity index is 1.59. The topological polar surface area (TPSA) is 62.6 Å². The number of fused-ring (bicyclic) bond motifs is 1. The first-order valence-electron chi connectivity index (χ1n) is 7.89. The van der Waals surface area contributed by atoms with Crippen LogP contribution in [0.1, 0.15) is 11.4 Å². The fourth-order valence-electron chi connectivity index (χ4n) is 2.70. The minimum absolute atomic E-state index is 0.0394. The Morgan fingerprint density at radius 2 is 2.23 bits per heavy atom. The molecular weight excluding hydrogens is 353 g/mol. The molecule has 0 fully saturated rings. The highest BCUT2D eigenvalue weighted by Gasteiger charge is 2.30. The highest BCUT2D eigenvalue weighted by atomic mass is 19.4. The maximum atomic E-state index is 12.5. The van der Waals surface area contributed by atoms with Gasteiger partial charge in [0.1, 0.15) is 37.1 Å². The van der Waals surface area contributed by atoms with Crippen LogP contribution in [0, 0.1) is 5.92 Å². The van der Waals surface area contributed by atoms with Crippen LogP contribution in [0.5, 0.6) is 11.5 Å². The smallest absolute Gasteiger partial charge is 0.406 e. The van der Waals surface area contributed by atoms with Crippen LogP contribution in [0.3, 0.4) is 0 Å². The number of esters is 1. The van der Waals surface area contributed by atoms with Crippen LogP contribution in [0.15, 0.2) is 30.6 Å². The zero-order valence-electron chi connectivity index (χ0n) is 14.0. The molecule has 1 aromatic heterocycles. The zero-order valence-corrected chi connectivity index (χ0v) is 14.0. The molecule has 140 valence electrons. The molecule has 0 saturated heterocycles. The van der Waals surface area contributed by atoms with E-state index in [0.717, 1.165) is 10.1 Å². The van der Waals surface area contributed by atoms with E-state index < -0.39 is 24.6 Å². The van der Waals surface area contributed by atoms with Crippen molar-refractivity contribution in [2.24, 2.45) is 5.92 Å². The standard InChI is InChI=1S/C17H17F3N2O4/c1-24-13-3-2-11-6-12(8-25-14(11)7-13)16(23)26-9-15-21-4-5-22(15)10-17(18,19)20/h2-5,7,12H,6,8-10H2,1H3. The molecule has 0 N–H and O–H groups in total. The molecule has 0 saturated carbocycles. The third kappa shape index (κ3) is 4.27. The molecule has 0 bridgehead atoms. The molecule has 0 aliphatic carbocycles. The fraction of sp³-hybridized carbons (Fsp3) is 0.412. The summed E-state index contributed by atoms with van der Waals surface area (Å²) < 4.78 is 54.3. The predicted molar refractivity (Wildman–Crippen MR) is 83.8 cm³/mol. The van der Waals surface area contributed by atoms with Crippen molar-refractivity contribution in [3.63, 3.8) is 0 Å². The molecule has 0 spiro atoms. The van der Waals surface area contributed by atoms with Crippen LogP contribution in [-0.2, 0) is 29.1 Å². The summed E-state index contributed by atoms with van der Waals surface area (Å²) in [6.45, 7) is -1.37. The molecule has 1 unspecified atom stereocenters. The number of carbonyl (C=O) groups is 1. The van der Waals surface area contributed by atoms with Crippen molar-refractivity contribution in [1.82, 2.24) is 9.55 Å². The molecule has 3 rings (SSSR count). The number of halogens is 3. The van der Waals surface area contributed by atoms with Crippen LogP contribution < -0.4 is 9.47 Å². The highest BCUT2D eigenvalue weighted by Crippen LogP contribution is 2.31. The number of methoxy groups -OCH3 is 1. The number of hydrogen-bond acceptors (Lipinski definition) is 5. The van der Waals surface area contributed by atoms with E-state index in [9.17, 15) is 18.0 Å². The summed E-state index contributed by atoms with van der Waals surface area (Å²) >= 11 is 0. The van der Waals surface area contributed by atoms with E-state index in [2.05, 4.69) is 4.98 Å². The molecule has 6 nitrogen and oxygen atoms in total. The Hall–Kier alpha value is -2.71. The number of rotatable bonds is 5. The summed E-state index contributed by atoms with van der Waals surface area (Å²) in [6.07, 6.45) is -1.51. The van der Waals surface area contributed by atoms with E-state index in [4.69, 9.17) is 14.2 Å². The lowest BCUT2D eigenvalue weighted by Crippen LogP contribution is -2.30. The number of imidazole rings is 1. The summed E-state index contributed by atoms with van der Waals surface area (Å²) in [5.74, 6) is 0.280. The minimum atomic E-state index is -4.37. The summed E-state index contributed by atoms with van der Waals surface area (Å²) in [5, 5.41) is 0. The molecule has 2 heterocycles. The maximum absolute atomic E-state index is 12.5. The van der Waals surface area contributed by atoms with Gasteiger partial charge >= 0.3 is 12.1 Å². The van der Waals surface area contributed by atoms with Crippen molar-refractivity contribution in [2.75, 3.05) is 13.7 Å². The van der Waals surface area contributed by atoms with Crippen molar-refractivity contribution in [3.05, 3.63) is 42.0 Å². The lowest BCUT2D eigenvalue weighted by Gasteiger charge is -2.24. The second kappa shape index (κ2) is 7.27. The Kier molecular flexibility index (Phi) is 5.06. The van der Waals surface area contributed by atoms with E-state index in [1.807, 2.05) is 6.07 Å². The summed E-state index contributed by atoms with van der Waals surface area (Å²) in [7, 11) is 1.55. The number of aromatic nitrogens is 2. The summed E-state index contributed by atoms with van der Waals surface area (Å²) in [4.78, 5) is 16.0. The number of carbonyl (C=O) groups excluding carboxylic acids is 1. The van der Waals surface area contributed by atoms with Crippen LogP contribution in [0.25, 0.3) is 0 Å². The SMILES string of the molecule is COc1ccc2c(c1)OCC(C(=O)OCc1nccn1CC(F)(F)F)C2. The Labute approximate surface area is 147 Å². The van der Waals surface area contributed by atoms with Crippen LogP contribution in [-0.4, -0.2) is 35.4 Å². The molecule has 1 aliphatic rings. The Morgan fingerprint density at radius 3 is 2.96 bits per heavy atom. The first kappa shape index (κ1) is 18.1. The van der Waals surface area contributed by atoms with Crippen LogP contribution in [0.4, 0.5) is 13.2 Å². The van der Waals surface area contributed by atoms with E-state index in [1.54, 1.807) is 19.2 Å². The van der Waals surface area contributed by atoms with Gasteiger partial charge in [-0.05, 0) is 18.1 Å². The fourth-order valence-corrected chi connectivity index (χ4v) is 2.70. The predicted octanol–water partition coefficient (Wildman–Crippen LogP) is 2.75.